The van der Waals surface area contributed by atoms with Gasteiger partial charge in [-0.05, 0) is 31.2 Å². The summed E-state index contributed by atoms with van der Waals surface area (Å²) in [5.41, 5.74) is 1.51. The minimum Gasteiger partial charge on any atom is -0.378 e. The predicted octanol–water partition coefficient (Wildman–Crippen LogP) is 2.52. The Morgan fingerprint density at radius 3 is 2.23 bits per heavy atom. The molecule has 1 aliphatic carbocycles. The highest BCUT2D eigenvalue weighted by Crippen LogP contribution is 2.39. The van der Waals surface area contributed by atoms with Crippen LogP contribution in [0.15, 0.2) is 18.7 Å². The number of ether oxygens (including phenoxy) is 1. The molecule has 2 saturated heterocycles. The van der Waals surface area contributed by atoms with Crippen LogP contribution in [0.5, 0.6) is 0 Å². The van der Waals surface area contributed by atoms with Crippen LogP contribution in [0.25, 0.3) is 10.2 Å². The number of anilines is 3. The maximum absolute atomic E-state index is 5.47. The lowest BCUT2D eigenvalue weighted by molar-refractivity contribution is 0.122. The average Bonchev–Trinajstić information content (AvgIpc) is 3.24. The van der Waals surface area contributed by atoms with Crippen molar-refractivity contribution in [2.75, 3.05) is 67.2 Å². The van der Waals surface area contributed by atoms with Gasteiger partial charge in [-0.1, -0.05) is 0 Å². The molecule has 0 aromatic carbocycles. The summed E-state index contributed by atoms with van der Waals surface area (Å²) >= 11 is 1.87. The highest BCUT2D eigenvalue weighted by atomic mass is 32.1. The summed E-state index contributed by atoms with van der Waals surface area (Å²) in [6, 6.07) is 2.12. The van der Waals surface area contributed by atoms with Gasteiger partial charge in [0.1, 0.15) is 34.9 Å². The fourth-order valence-electron chi connectivity index (χ4n) is 4.94. The van der Waals surface area contributed by atoms with Gasteiger partial charge in [-0.15, -0.1) is 11.3 Å². The molecule has 0 N–H and O–H groups in total. The summed E-state index contributed by atoms with van der Waals surface area (Å²) in [7, 11) is 0. The Bertz CT molecular complexity index is 1070. The molecular weight excluding hydrogens is 410 g/mol. The summed E-state index contributed by atoms with van der Waals surface area (Å²) in [6.07, 6.45) is 8.37. The van der Waals surface area contributed by atoms with Gasteiger partial charge in [-0.3, -0.25) is 0 Å². The van der Waals surface area contributed by atoms with Gasteiger partial charge in [0.05, 0.1) is 18.6 Å². The van der Waals surface area contributed by atoms with Gasteiger partial charge in [0.15, 0.2) is 0 Å². The molecule has 6 rings (SSSR count). The third kappa shape index (κ3) is 3.59. The predicted molar refractivity (Wildman–Crippen MR) is 124 cm³/mol. The van der Waals surface area contributed by atoms with Gasteiger partial charge in [0, 0.05) is 50.2 Å². The maximum atomic E-state index is 5.47. The summed E-state index contributed by atoms with van der Waals surface area (Å²) in [5.74, 6) is 3.13. The molecule has 3 aromatic rings. The molecule has 0 saturated carbocycles. The molecule has 5 heterocycles. The summed E-state index contributed by atoms with van der Waals surface area (Å²) in [6.45, 7) is 7.03. The van der Waals surface area contributed by atoms with Crippen LogP contribution in [-0.4, -0.2) is 72.4 Å². The monoisotopic (exact) mass is 437 g/mol. The first-order valence-electron chi connectivity index (χ1n) is 11.3. The molecule has 0 radical (unpaired) electrons. The number of hydrogen-bond acceptors (Lipinski definition) is 9. The van der Waals surface area contributed by atoms with E-state index in [1.165, 1.54) is 41.5 Å². The minimum absolute atomic E-state index is 0.762. The molecular formula is C22H27N7OS. The third-order valence-corrected chi connectivity index (χ3v) is 7.81. The Morgan fingerprint density at radius 2 is 1.42 bits per heavy atom. The summed E-state index contributed by atoms with van der Waals surface area (Å²) in [5, 5.41) is 1.31. The zero-order valence-corrected chi connectivity index (χ0v) is 18.5. The SMILES string of the molecule is c1nc(N2CCOCC2)cc(N2CCN(c3ncnc4sc5c(c34)CCCC5)CC2)n1. The Morgan fingerprint density at radius 1 is 0.742 bits per heavy atom. The van der Waals surface area contributed by atoms with E-state index in [2.05, 4.69) is 35.7 Å². The molecule has 0 bridgehead atoms. The van der Waals surface area contributed by atoms with E-state index in [0.717, 1.165) is 74.8 Å². The zero-order valence-electron chi connectivity index (χ0n) is 17.7. The van der Waals surface area contributed by atoms with Crippen LogP contribution in [0.2, 0.25) is 0 Å². The second-order valence-electron chi connectivity index (χ2n) is 8.40. The van der Waals surface area contributed by atoms with E-state index in [1.807, 2.05) is 11.3 Å². The Hall–Kier alpha value is -2.52. The van der Waals surface area contributed by atoms with Gasteiger partial charge < -0.3 is 19.4 Å². The van der Waals surface area contributed by atoms with Crippen LogP contribution in [0, 0.1) is 0 Å². The van der Waals surface area contributed by atoms with E-state index in [9.17, 15) is 0 Å². The molecule has 2 aliphatic heterocycles. The first-order chi connectivity index (χ1) is 15.4. The van der Waals surface area contributed by atoms with E-state index < -0.39 is 0 Å². The van der Waals surface area contributed by atoms with Gasteiger partial charge in [-0.2, -0.15) is 0 Å². The number of morpholine rings is 1. The van der Waals surface area contributed by atoms with E-state index >= 15 is 0 Å². The average molecular weight is 438 g/mol. The molecule has 9 heteroatoms. The maximum Gasteiger partial charge on any atom is 0.141 e. The summed E-state index contributed by atoms with van der Waals surface area (Å²) < 4.78 is 5.47. The fourth-order valence-corrected chi connectivity index (χ4v) is 6.16. The number of hydrogen-bond donors (Lipinski definition) is 0. The van der Waals surface area contributed by atoms with Gasteiger partial charge in [-0.25, -0.2) is 19.9 Å². The topological polar surface area (TPSA) is 70.5 Å². The second-order valence-corrected chi connectivity index (χ2v) is 9.48. The number of thiophene rings is 1. The first-order valence-corrected chi connectivity index (χ1v) is 12.1. The molecule has 0 spiro atoms. The number of rotatable bonds is 3. The highest BCUT2D eigenvalue weighted by Gasteiger charge is 2.26. The summed E-state index contributed by atoms with van der Waals surface area (Å²) in [4.78, 5) is 28.2. The Balaban J connectivity index is 1.21. The zero-order chi connectivity index (χ0) is 20.6. The largest absolute Gasteiger partial charge is 0.378 e. The van der Waals surface area contributed by atoms with Gasteiger partial charge >= 0.3 is 0 Å². The van der Waals surface area contributed by atoms with Crippen molar-refractivity contribution in [3.63, 3.8) is 0 Å². The number of fused-ring (bicyclic) bond motifs is 3. The van der Waals surface area contributed by atoms with Crippen LogP contribution < -0.4 is 14.7 Å². The van der Waals surface area contributed by atoms with Crippen molar-refractivity contribution in [1.29, 1.82) is 0 Å². The normalized spacial score (nSPS) is 19.7. The van der Waals surface area contributed by atoms with Crippen molar-refractivity contribution in [3.8, 4) is 0 Å². The molecule has 2 fully saturated rings. The molecule has 0 unspecified atom stereocenters. The second kappa shape index (κ2) is 8.20. The lowest BCUT2D eigenvalue weighted by atomic mass is 9.97. The van der Waals surface area contributed by atoms with Crippen molar-refractivity contribution in [1.82, 2.24) is 19.9 Å². The number of piperazine rings is 1. The molecule has 0 amide bonds. The van der Waals surface area contributed by atoms with Crippen LogP contribution in [-0.2, 0) is 17.6 Å². The van der Waals surface area contributed by atoms with Crippen molar-refractivity contribution >= 4 is 39.0 Å². The molecule has 8 nitrogen and oxygen atoms in total. The van der Waals surface area contributed by atoms with Crippen LogP contribution in [0.3, 0.4) is 0 Å². The van der Waals surface area contributed by atoms with Crippen molar-refractivity contribution < 1.29 is 4.74 Å². The number of nitrogens with zero attached hydrogens (tertiary/aromatic N) is 7. The fraction of sp³-hybridized carbons (Fsp3) is 0.545. The van der Waals surface area contributed by atoms with E-state index in [1.54, 1.807) is 12.7 Å². The Labute approximate surface area is 185 Å². The lowest BCUT2D eigenvalue weighted by Gasteiger charge is -2.36. The van der Waals surface area contributed by atoms with Crippen molar-refractivity contribution in [3.05, 3.63) is 29.2 Å². The lowest BCUT2D eigenvalue weighted by Crippen LogP contribution is -2.47. The molecule has 162 valence electrons. The van der Waals surface area contributed by atoms with Crippen LogP contribution in [0.4, 0.5) is 17.5 Å². The van der Waals surface area contributed by atoms with Crippen molar-refractivity contribution in [2.24, 2.45) is 0 Å². The smallest absolute Gasteiger partial charge is 0.141 e. The molecule has 31 heavy (non-hydrogen) atoms. The van der Waals surface area contributed by atoms with Crippen LogP contribution in [0.1, 0.15) is 23.3 Å². The highest BCUT2D eigenvalue weighted by molar-refractivity contribution is 7.19. The molecule has 3 aromatic heterocycles. The van der Waals surface area contributed by atoms with Gasteiger partial charge in [0.2, 0.25) is 0 Å². The molecule has 0 atom stereocenters. The number of aryl methyl sites for hydroxylation is 2. The quantitative estimate of drug-likeness (QED) is 0.619. The van der Waals surface area contributed by atoms with Crippen molar-refractivity contribution in [2.45, 2.75) is 25.7 Å². The number of aromatic nitrogens is 4. The molecule has 3 aliphatic rings. The third-order valence-electron chi connectivity index (χ3n) is 6.61. The van der Waals surface area contributed by atoms with E-state index in [0.29, 0.717) is 0 Å². The van der Waals surface area contributed by atoms with E-state index in [4.69, 9.17) is 9.72 Å². The van der Waals surface area contributed by atoms with E-state index in [-0.39, 0.29) is 0 Å². The standard InChI is InChI=1S/C22H27N7OS/c1-2-4-17-16(3-1)20-21(25-15-26-22(20)31-17)29-7-5-27(6-8-29)18-13-19(24-14-23-18)28-9-11-30-12-10-28/h13-15H,1-12H2. The Kier molecular flexibility index (Phi) is 5.07. The van der Waals surface area contributed by atoms with Crippen LogP contribution >= 0.6 is 11.3 Å². The minimum atomic E-state index is 0.762. The van der Waals surface area contributed by atoms with Gasteiger partial charge in [0.25, 0.3) is 0 Å². The first kappa shape index (κ1) is 19.2.